The van der Waals surface area contributed by atoms with Crippen LogP contribution in [0.2, 0.25) is 0 Å². The third-order valence-electron chi connectivity index (χ3n) is 0.752. The first-order chi connectivity index (χ1) is 3.60. The van der Waals surface area contributed by atoms with Gasteiger partial charge in [-0.1, -0.05) is 0 Å². The van der Waals surface area contributed by atoms with E-state index in [4.69, 9.17) is 0 Å². The van der Waals surface area contributed by atoms with E-state index in [1.165, 1.54) is 6.08 Å². The molecule has 0 aliphatic carbocycles. The van der Waals surface area contributed by atoms with Gasteiger partial charge in [-0.05, 0) is 13.0 Å². The normalized spacial score (nSPS) is 23.4. The van der Waals surface area contributed by atoms with Crippen LogP contribution in [0.1, 0.15) is 6.92 Å². The average Bonchev–Trinajstić information content (AvgIpc) is 1.82. The van der Waals surface area contributed by atoms with Gasteiger partial charge in [0.25, 0.3) is 10.0 Å². The molecule has 0 aromatic carbocycles. The molecule has 44 valence electrons. The van der Waals surface area contributed by atoms with Gasteiger partial charge < -0.3 is 0 Å². The zero-order chi connectivity index (χ0) is 6.20. The number of hydrogen-bond donors (Lipinski definition) is 0. The van der Waals surface area contributed by atoms with Crippen LogP contribution in [0.3, 0.4) is 0 Å². The molecule has 0 bridgehead atoms. The SMILES string of the molecule is CC1=NS(=O)(=O)C=C1. The van der Waals surface area contributed by atoms with Crippen molar-refractivity contribution in [3.8, 4) is 0 Å². The first kappa shape index (κ1) is 5.50. The van der Waals surface area contributed by atoms with Crippen molar-refractivity contribution in [2.24, 2.45) is 4.40 Å². The van der Waals surface area contributed by atoms with Crippen molar-refractivity contribution in [3.63, 3.8) is 0 Å². The fourth-order valence-corrected chi connectivity index (χ4v) is 1.34. The molecule has 0 amide bonds. The lowest BCUT2D eigenvalue weighted by Crippen LogP contribution is -1.83. The minimum Gasteiger partial charge on any atom is -0.200 e. The Hall–Kier alpha value is -0.640. The lowest BCUT2D eigenvalue weighted by Gasteiger charge is -1.76. The van der Waals surface area contributed by atoms with Crippen molar-refractivity contribution in [1.29, 1.82) is 0 Å². The maximum atomic E-state index is 10.4. The maximum Gasteiger partial charge on any atom is 0.275 e. The standard InChI is InChI=1S/C4H5NO2S/c1-4-2-3-8(6,7)5-4/h2-3H,1H3. The van der Waals surface area contributed by atoms with Gasteiger partial charge in [0.2, 0.25) is 0 Å². The molecule has 1 aliphatic rings. The van der Waals surface area contributed by atoms with E-state index in [2.05, 4.69) is 4.40 Å². The maximum absolute atomic E-state index is 10.4. The first-order valence-electron chi connectivity index (χ1n) is 2.10. The van der Waals surface area contributed by atoms with Crippen LogP contribution in [0.4, 0.5) is 0 Å². The average molecular weight is 131 g/mol. The Morgan fingerprint density at radius 3 is 2.38 bits per heavy atom. The Bertz CT molecular complexity index is 247. The van der Waals surface area contributed by atoms with Gasteiger partial charge in [0.15, 0.2) is 0 Å². The Morgan fingerprint density at radius 2 is 2.25 bits per heavy atom. The third-order valence-corrected chi connectivity index (χ3v) is 1.77. The molecule has 0 saturated carbocycles. The van der Waals surface area contributed by atoms with Crippen molar-refractivity contribution < 1.29 is 8.42 Å². The fraction of sp³-hybridized carbons (Fsp3) is 0.250. The van der Waals surface area contributed by atoms with Crippen LogP contribution in [0.15, 0.2) is 15.9 Å². The molecule has 0 saturated heterocycles. The van der Waals surface area contributed by atoms with Crippen LogP contribution in [-0.2, 0) is 10.0 Å². The van der Waals surface area contributed by atoms with E-state index in [1.807, 2.05) is 0 Å². The molecule has 0 radical (unpaired) electrons. The molecule has 0 atom stereocenters. The molecule has 0 fully saturated rings. The van der Waals surface area contributed by atoms with Gasteiger partial charge in [-0.2, -0.15) is 12.8 Å². The summed E-state index contributed by atoms with van der Waals surface area (Å²) in [5, 5.41) is 1.09. The van der Waals surface area contributed by atoms with Gasteiger partial charge in [-0.3, -0.25) is 0 Å². The first-order valence-corrected chi connectivity index (χ1v) is 3.60. The molecule has 0 unspecified atom stereocenters. The van der Waals surface area contributed by atoms with Crippen LogP contribution in [0, 0.1) is 0 Å². The second kappa shape index (κ2) is 1.42. The molecule has 0 N–H and O–H groups in total. The number of allylic oxidation sites excluding steroid dienone is 1. The molecule has 3 nitrogen and oxygen atoms in total. The Balaban J connectivity index is 3.21. The smallest absolute Gasteiger partial charge is 0.200 e. The predicted octanol–water partition coefficient (Wildman–Crippen LogP) is 0.304. The van der Waals surface area contributed by atoms with Gasteiger partial charge in [-0.15, -0.1) is 0 Å². The Kier molecular flexibility index (Phi) is 0.973. The summed E-state index contributed by atoms with van der Waals surface area (Å²) >= 11 is 0. The van der Waals surface area contributed by atoms with Gasteiger partial charge >= 0.3 is 0 Å². The molecule has 1 rings (SSSR count). The van der Waals surface area contributed by atoms with Gasteiger partial charge in [0.1, 0.15) is 0 Å². The molecular formula is C4H5NO2S. The van der Waals surface area contributed by atoms with E-state index in [0.717, 1.165) is 5.41 Å². The number of sulfonamides is 1. The lowest BCUT2D eigenvalue weighted by atomic mass is 10.4. The van der Waals surface area contributed by atoms with Crippen molar-refractivity contribution >= 4 is 15.7 Å². The zero-order valence-electron chi connectivity index (χ0n) is 4.33. The fourth-order valence-electron chi connectivity index (χ4n) is 0.446. The van der Waals surface area contributed by atoms with Crippen LogP contribution in [0.5, 0.6) is 0 Å². The van der Waals surface area contributed by atoms with E-state index < -0.39 is 10.0 Å². The van der Waals surface area contributed by atoms with Gasteiger partial charge in [0, 0.05) is 0 Å². The highest BCUT2D eigenvalue weighted by Gasteiger charge is 2.07. The highest BCUT2D eigenvalue weighted by molar-refractivity contribution is 7.93. The van der Waals surface area contributed by atoms with Crippen molar-refractivity contribution in [1.82, 2.24) is 0 Å². The van der Waals surface area contributed by atoms with E-state index in [0.29, 0.717) is 5.71 Å². The van der Waals surface area contributed by atoms with Crippen LogP contribution >= 0.6 is 0 Å². The summed E-state index contributed by atoms with van der Waals surface area (Å²) < 4.78 is 24.0. The van der Waals surface area contributed by atoms with E-state index in [1.54, 1.807) is 6.92 Å². The Morgan fingerprint density at radius 1 is 1.62 bits per heavy atom. The van der Waals surface area contributed by atoms with Crippen molar-refractivity contribution in [2.75, 3.05) is 0 Å². The second-order valence-corrected chi connectivity index (χ2v) is 3.04. The number of hydrogen-bond acceptors (Lipinski definition) is 2. The highest BCUT2D eigenvalue weighted by Crippen LogP contribution is 2.03. The van der Waals surface area contributed by atoms with Crippen molar-refractivity contribution in [3.05, 3.63) is 11.5 Å². The number of rotatable bonds is 0. The zero-order valence-corrected chi connectivity index (χ0v) is 5.14. The minimum absolute atomic E-state index is 0.546. The van der Waals surface area contributed by atoms with E-state index in [9.17, 15) is 8.42 Å². The summed E-state index contributed by atoms with van der Waals surface area (Å²) in [4.78, 5) is 0. The van der Waals surface area contributed by atoms with Crippen LogP contribution < -0.4 is 0 Å². The monoisotopic (exact) mass is 131 g/mol. The van der Waals surface area contributed by atoms with Crippen LogP contribution in [0.25, 0.3) is 0 Å². The lowest BCUT2D eigenvalue weighted by molar-refractivity contribution is 0.607. The minimum atomic E-state index is -3.19. The van der Waals surface area contributed by atoms with E-state index >= 15 is 0 Å². The molecule has 4 heteroatoms. The van der Waals surface area contributed by atoms with Crippen LogP contribution in [-0.4, -0.2) is 14.1 Å². The summed E-state index contributed by atoms with van der Waals surface area (Å²) in [6.07, 6.45) is 1.47. The highest BCUT2D eigenvalue weighted by atomic mass is 32.2. The molecule has 0 aromatic rings. The summed E-state index contributed by atoms with van der Waals surface area (Å²) in [5.74, 6) is 0. The summed E-state index contributed by atoms with van der Waals surface area (Å²) in [7, 11) is -3.19. The van der Waals surface area contributed by atoms with Gasteiger partial charge in [0.05, 0.1) is 11.1 Å². The molecule has 1 aliphatic heterocycles. The van der Waals surface area contributed by atoms with Gasteiger partial charge in [-0.25, -0.2) is 0 Å². The third kappa shape index (κ3) is 0.949. The summed E-state index contributed by atoms with van der Waals surface area (Å²) in [6.45, 7) is 1.64. The molecule has 0 aromatic heterocycles. The van der Waals surface area contributed by atoms with Crippen molar-refractivity contribution in [2.45, 2.75) is 6.92 Å². The predicted molar refractivity (Wildman–Crippen MR) is 31.2 cm³/mol. The summed E-state index contributed by atoms with van der Waals surface area (Å²) in [6, 6.07) is 0. The molecular weight excluding hydrogens is 126 g/mol. The largest absolute Gasteiger partial charge is 0.275 e. The Labute approximate surface area is 47.8 Å². The number of nitrogens with zero attached hydrogens (tertiary/aromatic N) is 1. The second-order valence-electron chi connectivity index (χ2n) is 1.55. The molecule has 0 spiro atoms. The molecule has 8 heavy (non-hydrogen) atoms. The quantitative estimate of drug-likeness (QED) is 0.474. The topological polar surface area (TPSA) is 46.5 Å². The summed E-state index contributed by atoms with van der Waals surface area (Å²) in [5.41, 5.74) is 0.546. The van der Waals surface area contributed by atoms with E-state index in [-0.39, 0.29) is 0 Å². The molecule has 1 heterocycles.